The number of rotatable bonds is 3. The second-order valence-corrected chi connectivity index (χ2v) is 7.50. The van der Waals surface area contributed by atoms with Crippen LogP contribution in [0.3, 0.4) is 0 Å². The van der Waals surface area contributed by atoms with Gasteiger partial charge < -0.3 is 4.98 Å². The lowest BCUT2D eigenvalue weighted by molar-refractivity contribution is 0.315. The molecule has 0 spiro atoms. The second-order valence-electron chi connectivity index (χ2n) is 7.50. The summed E-state index contributed by atoms with van der Waals surface area (Å²) in [7, 11) is 0. The minimum atomic E-state index is 0.646. The van der Waals surface area contributed by atoms with Gasteiger partial charge in [0.2, 0.25) is 0 Å². The zero-order chi connectivity index (χ0) is 15.2. The molecule has 0 unspecified atom stereocenters. The van der Waals surface area contributed by atoms with Crippen molar-refractivity contribution in [2.24, 2.45) is 5.92 Å². The van der Waals surface area contributed by atoms with Crippen LogP contribution in [0.1, 0.15) is 68.5 Å². The van der Waals surface area contributed by atoms with Crippen LogP contribution in [-0.4, -0.2) is 19.4 Å². The van der Waals surface area contributed by atoms with E-state index in [2.05, 4.69) is 26.8 Å². The van der Waals surface area contributed by atoms with Gasteiger partial charge in [0.1, 0.15) is 0 Å². The Balaban J connectivity index is 1.59. The van der Waals surface area contributed by atoms with Crippen molar-refractivity contribution in [1.29, 1.82) is 0 Å². The average Bonchev–Trinajstić information content (AvgIpc) is 3.15. The molecule has 3 heterocycles. The molecule has 2 aliphatic carbocycles. The Bertz CT molecular complexity index is 834. The van der Waals surface area contributed by atoms with Crippen LogP contribution in [0.25, 0.3) is 16.8 Å². The second kappa shape index (κ2) is 5.36. The van der Waals surface area contributed by atoms with Crippen LogP contribution in [0.4, 0.5) is 0 Å². The summed E-state index contributed by atoms with van der Waals surface area (Å²) in [5.41, 5.74) is 5.95. The number of fused-ring (bicyclic) bond motifs is 3. The third-order valence-corrected chi connectivity index (χ3v) is 5.97. The number of nitrogens with zero attached hydrogens (tertiary/aromatic N) is 3. The van der Waals surface area contributed by atoms with Crippen molar-refractivity contribution in [1.82, 2.24) is 19.4 Å². The number of hydrogen-bond acceptors (Lipinski definition) is 2. The molecule has 0 aliphatic heterocycles. The summed E-state index contributed by atoms with van der Waals surface area (Å²) in [4.78, 5) is 12.9. The molecule has 0 saturated heterocycles. The molecule has 23 heavy (non-hydrogen) atoms. The van der Waals surface area contributed by atoms with E-state index < -0.39 is 0 Å². The molecule has 2 fully saturated rings. The standard InChI is InChI=1S/C19H24N4/c1-2-7-14(8-3-1)16-12-23-17(22-16)11-21-19-18(23)15(10-20-19)9-13-5-4-6-13/h10-14,20H,1-9H2. The highest BCUT2D eigenvalue weighted by Gasteiger charge is 2.22. The first-order chi connectivity index (χ1) is 11.4. The Labute approximate surface area is 136 Å². The van der Waals surface area contributed by atoms with Crippen LogP contribution in [0, 0.1) is 5.92 Å². The highest BCUT2D eigenvalue weighted by molar-refractivity contribution is 5.78. The fourth-order valence-corrected chi connectivity index (χ4v) is 4.38. The van der Waals surface area contributed by atoms with E-state index in [1.807, 2.05) is 6.20 Å². The van der Waals surface area contributed by atoms with Crippen molar-refractivity contribution in [3.8, 4) is 0 Å². The Morgan fingerprint density at radius 2 is 1.96 bits per heavy atom. The molecule has 0 bridgehead atoms. The maximum Gasteiger partial charge on any atom is 0.156 e. The minimum absolute atomic E-state index is 0.646. The van der Waals surface area contributed by atoms with Gasteiger partial charge in [-0.1, -0.05) is 38.5 Å². The monoisotopic (exact) mass is 308 g/mol. The normalized spacial score (nSPS) is 20.3. The third-order valence-electron chi connectivity index (χ3n) is 5.97. The summed E-state index contributed by atoms with van der Waals surface area (Å²) in [6.45, 7) is 0. The molecular weight excluding hydrogens is 284 g/mol. The number of nitrogens with one attached hydrogen (secondary N) is 1. The zero-order valence-electron chi connectivity index (χ0n) is 13.6. The van der Waals surface area contributed by atoms with E-state index in [0.717, 1.165) is 17.2 Å². The lowest BCUT2D eigenvalue weighted by atomic mass is 9.81. The van der Waals surface area contributed by atoms with E-state index in [-0.39, 0.29) is 0 Å². The Morgan fingerprint density at radius 1 is 1.09 bits per heavy atom. The number of hydrogen-bond donors (Lipinski definition) is 1. The Hall–Kier alpha value is -1.84. The number of aromatic nitrogens is 4. The molecule has 120 valence electrons. The van der Waals surface area contributed by atoms with Gasteiger partial charge in [0.05, 0.1) is 17.4 Å². The van der Waals surface area contributed by atoms with E-state index in [1.165, 1.54) is 74.6 Å². The molecule has 2 saturated carbocycles. The SMILES string of the molecule is c1[nH]c2ncc3nc(C4CCCCC4)cn3c2c1CC1CCC1. The van der Waals surface area contributed by atoms with E-state index in [9.17, 15) is 0 Å². The van der Waals surface area contributed by atoms with Crippen molar-refractivity contribution < 1.29 is 0 Å². The van der Waals surface area contributed by atoms with Crippen LogP contribution in [0.2, 0.25) is 0 Å². The Morgan fingerprint density at radius 3 is 2.74 bits per heavy atom. The minimum Gasteiger partial charge on any atom is -0.345 e. The summed E-state index contributed by atoms with van der Waals surface area (Å²) < 4.78 is 2.29. The number of H-pyrrole nitrogens is 1. The molecule has 3 aromatic heterocycles. The average molecular weight is 308 g/mol. The topological polar surface area (TPSA) is 46.0 Å². The van der Waals surface area contributed by atoms with E-state index >= 15 is 0 Å². The molecule has 0 atom stereocenters. The largest absolute Gasteiger partial charge is 0.345 e. The fourth-order valence-electron chi connectivity index (χ4n) is 4.38. The molecule has 4 nitrogen and oxygen atoms in total. The first-order valence-electron chi connectivity index (χ1n) is 9.22. The van der Waals surface area contributed by atoms with Crippen LogP contribution in [0.15, 0.2) is 18.6 Å². The van der Waals surface area contributed by atoms with Gasteiger partial charge in [0, 0.05) is 18.3 Å². The van der Waals surface area contributed by atoms with Gasteiger partial charge in [0.15, 0.2) is 11.3 Å². The van der Waals surface area contributed by atoms with Crippen LogP contribution in [0.5, 0.6) is 0 Å². The van der Waals surface area contributed by atoms with Crippen molar-refractivity contribution >= 4 is 16.8 Å². The summed E-state index contributed by atoms with van der Waals surface area (Å²) in [6.07, 6.45) is 18.4. The van der Waals surface area contributed by atoms with Gasteiger partial charge >= 0.3 is 0 Å². The lowest BCUT2D eigenvalue weighted by Crippen LogP contribution is -2.13. The summed E-state index contributed by atoms with van der Waals surface area (Å²) in [5, 5.41) is 0. The smallest absolute Gasteiger partial charge is 0.156 e. The molecule has 5 rings (SSSR count). The molecular formula is C19H24N4. The van der Waals surface area contributed by atoms with Crippen LogP contribution in [-0.2, 0) is 6.42 Å². The molecule has 3 aromatic rings. The summed E-state index contributed by atoms with van der Waals surface area (Å²) in [5.74, 6) is 1.51. The molecule has 0 amide bonds. The van der Waals surface area contributed by atoms with Gasteiger partial charge in [-0.15, -0.1) is 0 Å². The number of imidazole rings is 1. The van der Waals surface area contributed by atoms with Crippen molar-refractivity contribution in [3.05, 3.63) is 29.8 Å². The fraction of sp³-hybridized carbons (Fsp3) is 0.579. The van der Waals surface area contributed by atoms with Gasteiger partial charge in [-0.3, -0.25) is 4.40 Å². The molecule has 0 aromatic carbocycles. The summed E-state index contributed by atoms with van der Waals surface area (Å²) >= 11 is 0. The predicted octanol–water partition coefficient (Wildman–Crippen LogP) is 4.60. The maximum absolute atomic E-state index is 4.91. The number of aromatic amines is 1. The van der Waals surface area contributed by atoms with Gasteiger partial charge in [-0.25, -0.2) is 9.97 Å². The quantitative estimate of drug-likeness (QED) is 0.768. The zero-order valence-corrected chi connectivity index (χ0v) is 13.6. The van der Waals surface area contributed by atoms with E-state index in [1.54, 1.807) is 0 Å². The maximum atomic E-state index is 4.91. The lowest BCUT2D eigenvalue weighted by Gasteiger charge is -2.24. The molecule has 4 heteroatoms. The highest BCUT2D eigenvalue weighted by atomic mass is 15.1. The first-order valence-corrected chi connectivity index (χ1v) is 9.22. The summed E-state index contributed by atoms with van der Waals surface area (Å²) in [6, 6.07) is 0. The highest BCUT2D eigenvalue weighted by Crippen LogP contribution is 2.34. The molecule has 0 radical (unpaired) electrons. The molecule has 1 N–H and O–H groups in total. The van der Waals surface area contributed by atoms with E-state index in [4.69, 9.17) is 4.98 Å². The van der Waals surface area contributed by atoms with Crippen molar-refractivity contribution in [2.45, 2.75) is 63.7 Å². The van der Waals surface area contributed by atoms with Gasteiger partial charge in [0.25, 0.3) is 0 Å². The molecule has 2 aliphatic rings. The van der Waals surface area contributed by atoms with Crippen molar-refractivity contribution in [3.63, 3.8) is 0 Å². The van der Waals surface area contributed by atoms with Crippen molar-refractivity contribution in [2.75, 3.05) is 0 Å². The third kappa shape index (κ3) is 2.27. The first kappa shape index (κ1) is 13.6. The van der Waals surface area contributed by atoms with Gasteiger partial charge in [-0.2, -0.15) is 0 Å². The van der Waals surface area contributed by atoms with Gasteiger partial charge in [-0.05, 0) is 30.7 Å². The van der Waals surface area contributed by atoms with E-state index in [0.29, 0.717) is 5.92 Å². The predicted molar refractivity (Wildman–Crippen MR) is 91.7 cm³/mol. The van der Waals surface area contributed by atoms with Crippen LogP contribution >= 0.6 is 0 Å². The Kier molecular flexibility index (Phi) is 3.17. The van der Waals surface area contributed by atoms with Crippen LogP contribution < -0.4 is 0 Å².